The highest BCUT2D eigenvalue weighted by Crippen LogP contribution is 2.30. The Hall–Kier alpha value is -1.35. The average Bonchev–Trinajstić information content (AvgIpc) is 2.67. The quantitative estimate of drug-likeness (QED) is 0.648. The molecule has 84 valence electrons. The zero-order valence-corrected chi connectivity index (χ0v) is 10.3. The standard InChI is InChI=1S/C13H15NOS/c1-9-4-3-5-12(13(9)14)16-8-11-7-6-10(2)15-11/h3-7H,8,14H2,1-2H3. The Morgan fingerprint density at radius 1 is 1.19 bits per heavy atom. The molecule has 0 aliphatic rings. The lowest BCUT2D eigenvalue weighted by Gasteiger charge is -2.06. The Morgan fingerprint density at radius 3 is 2.69 bits per heavy atom. The molecule has 1 aromatic carbocycles. The van der Waals surface area contributed by atoms with E-state index < -0.39 is 0 Å². The molecule has 0 aliphatic heterocycles. The summed E-state index contributed by atoms with van der Waals surface area (Å²) in [5.74, 6) is 2.76. The molecule has 2 N–H and O–H groups in total. The van der Waals surface area contributed by atoms with E-state index in [1.807, 2.05) is 44.2 Å². The van der Waals surface area contributed by atoms with Crippen LogP contribution >= 0.6 is 11.8 Å². The summed E-state index contributed by atoms with van der Waals surface area (Å²) < 4.78 is 5.51. The van der Waals surface area contributed by atoms with Crippen molar-refractivity contribution in [1.82, 2.24) is 0 Å². The van der Waals surface area contributed by atoms with E-state index in [4.69, 9.17) is 10.2 Å². The molecule has 0 fully saturated rings. The number of hydrogen-bond acceptors (Lipinski definition) is 3. The van der Waals surface area contributed by atoms with Gasteiger partial charge in [0.1, 0.15) is 11.5 Å². The Kier molecular flexibility index (Phi) is 3.25. The molecular formula is C13H15NOS. The molecule has 16 heavy (non-hydrogen) atoms. The number of rotatable bonds is 3. The summed E-state index contributed by atoms with van der Waals surface area (Å²) in [5, 5.41) is 0. The van der Waals surface area contributed by atoms with Crippen LogP contribution in [0.2, 0.25) is 0 Å². The van der Waals surface area contributed by atoms with Crippen LogP contribution in [-0.2, 0) is 5.75 Å². The molecule has 0 unspecified atom stereocenters. The first-order chi connectivity index (χ1) is 7.66. The van der Waals surface area contributed by atoms with E-state index in [-0.39, 0.29) is 0 Å². The smallest absolute Gasteiger partial charge is 0.114 e. The number of aryl methyl sites for hydroxylation is 2. The van der Waals surface area contributed by atoms with Crippen molar-refractivity contribution in [1.29, 1.82) is 0 Å². The van der Waals surface area contributed by atoms with Crippen molar-refractivity contribution in [2.24, 2.45) is 0 Å². The van der Waals surface area contributed by atoms with Gasteiger partial charge in [0, 0.05) is 10.6 Å². The van der Waals surface area contributed by atoms with Crippen molar-refractivity contribution in [3.05, 3.63) is 47.4 Å². The van der Waals surface area contributed by atoms with Gasteiger partial charge in [-0.25, -0.2) is 0 Å². The highest BCUT2D eigenvalue weighted by Gasteiger charge is 2.04. The number of para-hydroxylation sites is 1. The first-order valence-electron chi connectivity index (χ1n) is 5.20. The molecule has 0 saturated heterocycles. The molecule has 0 aliphatic carbocycles. The fraction of sp³-hybridized carbons (Fsp3) is 0.231. The van der Waals surface area contributed by atoms with Crippen LogP contribution in [-0.4, -0.2) is 0 Å². The number of nitrogen functional groups attached to an aromatic ring is 1. The van der Waals surface area contributed by atoms with E-state index in [1.54, 1.807) is 11.8 Å². The van der Waals surface area contributed by atoms with Gasteiger partial charge >= 0.3 is 0 Å². The molecule has 0 saturated carbocycles. The summed E-state index contributed by atoms with van der Waals surface area (Å²) in [6, 6.07) is 10.1. The highest BCUT2D eigenvalue weighted by atomic mass is 32.2. The summed E-state index contributed by atoms with van der Waals surface area (Å²) >= 11 is 1.71. The van der Waals surface area contributed by atoms with Crippen LogP contribution in [0.5, 0.6) is 0 Å². The minimum atomic E-state index is 0.821. The molecule has 1 aromatic heterocycles. The van der Waals surface area contributed by atoms with Crippen molar-refractivity contribution in [3.8, 4) is 0 Å². The van der Waals surface area contributed by atoms with E-state index in [1.165, 1.54) is 0 Å². The third kappa shape index (κ3) is 2.42. The van der Waals surface area contributed by atoms with Crippen LogP contribution in [0.15, 0.2) is 39.6 Å². The van der Waals surface area contributed by atoms with E-state index in [9.17, 15) is 0 Å². The van der Waals surface area contributed by atoms with Gasteiger partial charge in [0.15, 0.2) is 0 Å². The molecule has 2 aromatic rings. The van der Waals surface area contributed by atoms with Crippen LogP contribution < -0.4 is 5.73 Å². The first-order valence-corrected chi connectivity index (χ1v) is 6.18. The lowest BCUT2D eigenvalue weighted by atomic mass is 10.2. The number of anilines is 1. The van der Waals surface area contributed by atoms with Gasteiger partial charge in [0.2, 0.25) is 0 Å². The molecular weight excluding hydrogens is 218 g/mol. The zero-order chi connectivity index (χ0) is 11.5. The Labute approximate surface area is 99.8 Å². The predicted molar refractivity (Wildman–Crippen MR) is 68.6 cm³/mol. The SMILES string of the molecule is Cc1ccc(CSc2cccc(C)c2N)o1. The first kappa shape index (κ1) is 11.1. The number of thioether (sulfide) groups is 1. The van der Waals surface area contributed by atoms with Crippen LogP contribution in [0.3, 0.4) is 0 Å². The second-order valence-corrected chi connectivity index (χ2v) is 4.80. The molecule has 2 rings (SSSR count). The predicted octanol–water partition coefficient (Wildman–Crippen LogP) is 3.77. The Balaban J connectivity index is 2.07. The molecule has 0 amide bonds. The van der Waals surface area contributed by atoms with Gasteiger partial charge in [-0.05, 0) is 37.6 Å². The summed E-state index contributed by atoms with van der Waals surface area (Å²) in [7, 11) is 0. The summed E-state index contributed by atoms with van der Waals surface area (Å²) in [6.07, 6.45) is 0. The van der Waals surface area contributed by atoms with Gasteiger partial charge < -0.3 is 10.2 Å². The maximum Gasteiger partial charge on any atom is 0.114 e. The number of hydrogen-bond donors (Lipinski definition) is 1. The lowest BCUT2D eigenvalue weighted by molar-refractivity contribution is 0.501. The third-order valence-electron chi connectivity index (χ3n) is 2.45. The molecule has 0 bridgehead atoms. The number of furan rings is 1. The van der Waals surface area contributed by atoms with Gasteiger partial charge in [-0.15, -0.1) is 11.8 Å². The number of benzene rings is 1. The normalized spacial score (nSPS) is 10.6. The van der Waals surface area contributed by atoms with Gasteiger partial charge in [-0.3, -0.25) is 0 Å². The third-order valence-corrected chi connectivity index (χ3v) is 3.55. The fourth-order valence-electron chi connectivity index (χ4n) is 1.49. The van der Waals surface area contributed by atoms with Crippen LogP contribution in [0, 0.1) is 13.8 Å². The van der Waals surface area contributed by atoms with E-state index in [0.29, 0.717) is 0 Å². The van der Waals surface area contributed by atoms with Crippen LogP contribution in [0.4, 0.5) is 5.69 Å². The van der Waals surface area contributed by atoms with Gasteiger partial charge in [-0.1, -0.05) is 12.1 Å². The molecule has 0 spiro atoms. The molecule has 0 radical (unpaired) electrons. The molecule has 3 heteroatoms. The lowest BCUT2D eigenvalue weighted by Crippen LogP contribution is -1.92. The molecule has 1 heterocycles. The highest BCUT2D eigenvalue weighted by molar-refractivity contribution is 7.98. The summed E-state index contributed by atoms with van der Waals surface area (Å²) in [6.45, 7) is 3.98. The molecule has 0 atom stereocenters. The van der Waals surface area contributed by atoms with Gasteiger partial charge in [0.25, 0.3) is 0 Å². The van der Waals surface area contributed by atoms with E-state index in [0.717, 1.165) is 33.4 Å². The summed E-state index contributed by atoms with van der Waals surface area (Å²) in [5.41, 5.74) is 8.00. The van der Waals surface area contributed by atoms with E-state index >= 15 is 0 Å². The number of nitrogens with two attached hydrogens (primary N) is 1. The summed E-state index contributed by atoms with van der Waals surface area (Å²) in [4.78, 5) is 1.12. The second kappa shape index (κ2) is 4.66. The Morgan fingerprint density at radius 2 is 2.00 bits per heavy atom. The van der Waals surface area contributed by atoms with Crippen molar-refractivity contribution in [2.45, 2.75) is 24.5 Å². The zero-order valence-electron chi connectivity index (χ0n) is 9.49. The van der Waals surface area contributed by atoms with E-state index in [2.05, 4.69) is 0 Å². The van der Waals surface area contributed by atoms with Crippen molar-refractivity contribution in [3.63, 3.8) is 0 Å². The topological polar surface area (TPSA) is 39.2 Å². The van der Waals surface area contributed by atoms with Crippen LogP contribution in [0.1, 0.15) is 17.1 Å². The monoisotopic (exact) mass is 233 g/mol. The average molecular weight is 233 g/mol. The minimum Gasteiger partial charge on any atom is -0.465 e. The Bertz CT molecular complexity index is 490. The van der Waals surface area contributed by atoms with Crippen molar-refractivity contribution < 1.29 is 4.42 Å². The van der Waals surface area contributed by atoms with Gasteiger partial charge in [-0.2, -0.15) is 0 Å². The van der Waals surface area contributed by atoms with Crippen molar-refractivity contribution >= 4 is 17.4 Å². The largest absolute Gasteiger partial charge is 0.465 e. The minimum absolute atomic E-state index is 0.821. The van der Waals surface area contributed by atoms with Crippen LogP contribution in [0.25, 0.3) is 0 Å². The maximum atomic E-state index is 6.00. The molecule has 2 nitrogen and oxygen atoms in total. The second-order valence-electron chi connectivity index (χ2n) is 3.79. The maximum absolute atomic E-state index is 6.00. The van der Waals surface area contributed by atoms with Crippen molar-refractivity contribution in [2.75, 3.05) is 5.73 Å². The fourth-order valence-corrected chi connectivity index (χ4v) is 2.44. The van der Waals surface area contributed by atoms with Gasteiger partial charge in [0.05, 0.1) is 5.75 Å².